The lowest BCUT2D eigenvalue weighted by atomic mass is 10.2. The molecule has 2 aromatic heterocycles. The molecule has 10 heteroatoms. The Kier molecular flexibility index (Phi) is 6.67. The zero-order valence-corrected chi connectivity index (χ0v) is 18.6. The summed E-state index contributed by atoms with van der Waals surface area (Å²) in [6.07, 6.45) is 3.12. The second-order valence-corrected chi connectivity index (χ2v) is 7.99. The molecule has 4 aromatic rings. The molecule has 162 valence electrons. The molecule has 0 spiro atoms. The number of carbonyl (C=O) groups is 2. The number of hydrogen-bond acceptors (Lipinski definition) is 7. The first kappa shape index (κ1) is 21.8. The maximum absolute atomic E-state index is 12.4. The van der Waals surface area contributed by atoms with E-state index in [1.165, 1.54) is 18.1 Å². The van der Waals surface area contributed by atoms with Gasteiger partial charge in [-0.2, -0.15) is 5.10 Å². The average Bonchev–Trinajstić information content (AvgIpc) is 3.23. The number of nitrogens with one attached hydrogen (secondary N) is 1. The summed E-state index contributed by atoms with van der Waals surface area (Å²) in [6.45, 7) is 2.06. The Bertz CT molecular complexity index is 1280. The van der Waals surface area contributed by atoms with Crippen molar-refractivity contribution in [2.75, 3.05) is 17.7 Å². The summed E-state index contributed by atoms with van der Waals surface area (Å²) >= 11 is 7.38. The molecule has 0 aliphatic rings. The molecule has 0 saturated heterocycles. The van der Waals surface area contributed by atoms with E-state index in [-0.39, 0.29) is 11.7 Å². The van der Waals surface area contributed by atoms with Crippen molar-refractivity contribution in [3.63, 3.8) is 0 Å². The van der Waals surface area contributed by atoms with Crippen molar-refractivity contribution in [1.82, 2.24) is 19.7 Å². The second kappa shape index (κ2) is 9.80. The predicted octanol–water partition coefficient (Wildman–Crippen LogP) is 4.38. The molecule has 1 N–H and O–H groups in total. The molecule has 0 bridgehead atoms. The van der Waals surface area contributed by atoms with Crippen LogP contribution in [0.3, 0.4) is 0 Å². The number of halogens is 1. The number of thioether (sulfide) groups is 1. The third kappa shape index (κ3) is 4.90. The second-order valence-electron chi connectivity index (χ2n) is 6.59. The number of carbonyl (C=O) groups excluding carboxylic acids is 2. The Labute approximate surface area is 193 Å². The van der Waals surface area contributed by atoms with Crippen LogP contribution in [0.2, 0.25) is 5.02 Å². The van der Waals surface area contributed by atoms with Crippen molar-refractivity contribution >= 4 is 52.0 Å². The Balaban J connectivity index is 1.43. The van der Waals surface area contributed by atoms with Crippen molar-refractivity contribution in [2.24, 2.45) is 0 Å². The Hall–Kier alpha value is -3.43. The summed E-state index contributed by atoms with van der Waals surface area (Å²) in [5.74, 6) is -0.450. The quantitative estimate of drug-likeness (QED) is 0.244. The number of amides is 1. The minimum Gasteiger partial charge on any atom is -0.462 e. The van der Waals surface area contributed by atoms with Crippen LogP contribution in [0.4, 0.5) is 5.69 Å². The van der Waals surface area contributed by atoms with Gasteiger partial charge >= 0.3 is 5.97 Å². The van der Waals surface area contributed by atoms with Crippen molar-refractivity contribution in [3.8, 4) is 5.69 Å². The van der Waals surface area contributed by atoms with Crippen LogP contribution in [-0.2, 0) is 9.53 Å². The molecular formula is C22H18ClN5O3S. The van der Waals surface area contributed by atoms with E-state index in [1.807, 2.05) is 12.1 Å². The Morgan fingerprint density at radius 1 is 1.16 bits per heavy atom. The van der Waals surface area contributed by atoms with Gasteiger partial charge in [-0.1, -0.05) is 29.4 Å². The minimum absolute atomic E-state index is 0.147. The number of aromatic nitrogens is 4. The van der Waals surface area contributed by atoms with Gasteiger partial charge in [-0.25, -0.2) is 19.4 Å². The van der Waals surface area contributed by atoms with Crippen LogP contribution in [-0.4, -0.2) is 44.0 Å². The first-order valence-corrected chi connectivity index (χ1v) is 11.1. The van der Waals surface area contributed by atoms with Crippen LogP contribution in [0.25, 0.3) is 16.7 Å². The number of rotatable bonds is 7. The maximum atomic E-state index is 12.4. The highest BCUT2D eigenvalue weighted by atomic mass is 35.5. The van der Waals surface area contributed by atoms with Gasteiger partial charge in [-0.3, -0.25) is 4.79 Å². The normalized spacial score (nSPS) is 10.8. The molecule has 2 heterocycles. The first-order valence-electron chi connectivity index (χ1n) is 9.69. The molecule has 2 aromatic carbocycles. The van der Waals surface area contributed by atoms with E-state index in [0.717, 1.165) is 11.1 Å². The highest BCUT2D eigenvalue weighted by Crippen LogP contribution is 2.26. The molecule has 0 unspecified atom stereocenters. The fourth-order valence-corrected chi connectivity index (χ4v) is 3.92. The number of ether oxygens (including phenoxy) is 1. The zero-order chi connectivity index (χ0) is 22.5. The summed E-state index contributed by atoms with van der Waals surface area (Å²) in [6, 6.07) is 13.8. The van der Waals surface area contributed by atoms with E-state index in [0.29, 0.717) is 33.6 Å². The van der Waals surface area contributed by atoms with Crippen LogP contribution >= 0.6 is 23.4 Å². The summed E-state index contributed by atoms with van der Waals surface area (Å²) in [5, 5.41) is 9.19. The van der Waals surface area contributed by atoms with Crippen LogP contribution in [0.15, 0.2) is 66.1 Å². The van der Waals surface area contributed by atoms with Gasteiger partial charge in [0.05, 0.1) is 35.2 Å². The van der Waals surface area contributed by atoms with E-state index in [9.17, 15) is 9.59 Å². The van der Waals surface area contributed by atoms with Crippen molar-refractivity contribution in [3.05, 3.63) is 71.6 Å². The molecule has 0 radical (unpaired) electrons. The third-order valence-electron chi connectivity index (χ3n) is 4.40. The van der Waals surface area contributed by atoms with Gasteiger partial charge in [0.2, 0.25) is 5.91 Å². The van der Waals surface area contributed by atoms with Crippen molar-refractivity contribution in [2.45, 2.75) is 11.9 Å². The average molecular weight is 468 g/mol. The third-order valence-corrected chi connectivity index (χ3v) is 5.64. The SMILES string of the molecule is CCOC(=O)c1ccc(NC(=O)CSc2ncnc3c2cnn3-c2cccc(Cl)c2)cc1. The van der Waals surface area contributed by atoms with Crippen LogP contribution in [0.5, 0.6) is 0 Å². The summed E-state index contributed by atoms with van der Waals surface area (Å²) in [5.41, 5.74) is 2.43. The highest BCUT2D eigenvalue weighted by molar-refractivity contribution is 8.00. The van der Waals surface area contributed by atoms with Crippen LogP contribution in [0, 0.1) is 0 Å². The maximum Gasteiger partial charge on any atom is 0.338 e. The number of esters is 1. The number of benzene rings is 2. The fourth-order valence-electron chi connectivity index (χ4n) is 2.97. The Morgan fingerprint density at radius 3 is 2.72 bits per heavy atom. The standard InChI is InChI=1S/C22H18ClN5O3S/c1-2-31-22(30)14-6-8-16(9-7-14)27-19(29)12-32-21-18-11-26-28(20(18)24-13-25-21)17-5-3-4-15(23)10-17/h3-11,13H,2,12H2,1H3,(H,27,29). The molecule has 1 amide bonds. The van der Waals surface area contributed by atoms with Gasteiger partial charge in [0.1, 0.15) is 11.4 Å². The van der Waals surface area contributed by atoms with E-state index in [2.05, 4.69) is 20.4 Å². The monoisotopic (exact) mass is 467 g/mol. The van der Waals surface area contributed by atoms with Crippen LogP contribution < -0.4 is 5.32 Å². The highest BCUT2D eigenvalue weighted by Gasteiger charge is 2.14. The number of fused-ring (bicyclic) bond motifs is 1. The van der Waals surface area contributed by atoms with E-state index < -0.39 is 5.97 Å². The lowest BCUT2D eigenvalue weighted by Crippen LogP contribution is -2.14. The van der Waals surface area contributed by atoms with E-state index in [1.54, 1.807) is 54.2 Å². The van der Waals surface area contributed by atoms with E-state index >= 15 is 0 Å². The van der Waals surface area contributed by atoms with Crippen molar-refractivity contribution in [1.29, 1.82) is 0 Å². The smallest absolute Gasteiger partial charge is 0.338 e. The molecular weight excluding hydrogens is 450 g/mol. The number of hydrogen-bond donors (Lipinski definition) is 1. The topological polar surface area (TPSA) is 99.0 Å². The lowest BCUT2D eigenvalue weighted by molar-refractivity contribution is -0.113. The predicted molar refractivity (Wildman–Crippen MR) is 123 cm³/mol. The lowest BCUT2D eigenvalue weighted by Gasteiger charge is -2.07. The Morgan fingerprint density at radius 2 is 1.97 bits per heavy atom. The van der Waals surface area contributed by atoms with E-state index in [4.69, 9.17) is 16.3 Å². The molecule has 0 atom stereocenters. The fraction of sp³-hybridized carbons (Fsp3) is 0.136. The summed E-state index contributed by atoms with van der Waals surface area (Å²) in [4.78, 5) is 32.8. The molecule has 0 fully saturated rings. The van der Waals surface area contributed by atoms with Gasteiger partial charge in [0.15, 0.2) is 5.65 Å². The number of anilines is 1. The van der Waals surface area contributed by atoms with Crippen molar-refractivity contribution < 1.29 is 14.3 Å². The van der Waals surface area contributed by atoms with Gasteiger partial charge in [0, 0.05) is 10.7 Å². The minimum atomic E-state index is -0.396. The molecule has 4 rings (SSSR count). The van der Waals surface area contributed by atoms with Gasteiger partial charge in [-0.15, -0.1) is 0 Å². The van der Waals surface area contributed by atoms with Gasteiger partial charge in [-0.05, 0) is 49.4 Å². The molecule has 32 heavy (non-hydrogen) atoms. The zero-order valence-electron chi connectivity index (χ0n) is 17.0. The number of nitrogens with zero attached hydrogens (tertiary/aromatic N) is 4. The molecule has 8 nitrogen and oxygen atoms in total. The molecule has 0 aliphatic carbocycles. The summed E-state index contributed by atoms with van der Waals surface area (Å²) in [7, 11) is 0. The summed E-state index contributed by atoms with van der Waals surface area (Å²) < 4.78 is 6.63. The first-order chi connectivity index (χ1) is 15.5. The van der Waals surface area contributed by atoms with Gasteiger partial charge in [0.25, 0.3) is 0 Å². The largest absolute Gasteiger partial charge is 0.462 e. The molecule has 0 aliphatic heterocycles. The van der Waals surface area contributed by atoms with Crippen LogP contribution in [0.1, 0.15) is 17.3 Å². The van der Waals surface area contributed by atoms with Gasteiger partial charge < -0.3 is 10.1 Å². The molecule has 0 saturated carbocycles.